The van der Waals surface area contributed by atoms with Crippen LogP contribution in [-0.4, -0.2) is 52.6 Å². The Hall–Kier alpha value is -4.48. The molecule has 0 spiro atoms. The summed E-state index contributed by atoms with van der Waals surface area (Å²) >= 11 is 0.775. The van der Waals surface area contributed by atoms with E-state index in [0.717, 1.165) is 27.0 Å². The first-order valence-corrected chi connectivity index (χ1v) is 13.2. The third-order valence-corrected chi connectivity index (χ3v) is 6.67. The van der Waals surface area contributed by atoms with Gasteiger partial charge in [0.1, 0.15) is 33.4 Å². The maximum atomic E-state index is 12.9. The Bertz CT molecular complexity index is 1640. The summed E-state index contributed by atoms with van der Waals surface area (Å²) in [6, 6.07) is 14.4. The number of nitrogens with one attached hydrogen (secondary N) is 3. The highest BCUT2D eigenvalue weighted by molar-refractivity contribution is 7.07. The molecular formula is C27H28F3N7O3S. The van der Waals surface area contributed by atoms with Crippen molar-refractivity contribution in [3.05, 3.63) is 73.1 Å². The zero-order valence-corrected chi connectivity index (χ0v) is 23.3. The van der Waals surface area contributed by atoms with Gasteiger partial charge in [0.2, 0.25) is 5.91 Å². The fourth-order valence-electron chi connectivity index (χ4n) is 3.79. The SMILES string of the molecule is CCn1c(=O)/c(=C\Nc2cccc(NC(=O)CN(C)Cc3cccc(C)c3)n2)s/c1=C(/C#N)C(=O)NCC(F)(F)F. The molecule has 0 aliphatic carbocycles. The molecule has 41 heavy (non-hydrogen) atoms. The van der Waals surface area contributed by atoms with Gasteiger partial charge in [0.05, 0.1) is 6.54 Å². The number of amides is 2. The van der Waals surface area contributed by atoms with Crippen molar-refractivity contribution in [3.8, 4) is 6.07 Å². The van der Waals surface area contributed by atoms with Gasteiger partial charge >= 0.3 is 6.18 Å². The fraction of sp³-hybridized carbons (Fsp3) is 0.296. The number of carbonyl (C=O) groups is 2. The third kappa shape index (κ3) is 9.02. The van der Waals surface area contributed by atoms with Gasteiger partial charge in [-0.1, -0.05) is 35.9 Å². The van der Waals surface area contributed by atoms with Gasteiger partial charge < -0.3 is 16.0 Å². The standard InChI is InChI=1S/C27H28F3N7O3S/c1-4-37-25(40)20(41-26(37)19(12-31)24(39)33-16-27(28,29)30)13-32-21-9-6-10-22(34-21)35-23(38)15-36(3)14-18-8-5-7-17(2)11-18/h5-11,13H,4,14-16H2,1-3H3,(H,33,39)(H2,32,34,35,38)/b20-13+,26-19-. The van der Waals surface area contributed by atoms with Crippen molar-refractivity contribution in [2.24, 2.45) is 0 Å². The van der Waals surface area contributed by atoms with Crippen molar-refractivity contribution < 1.29 is 22.8 Å². The van der Waals surface area contributed by atoms with E-state index in [2.05, 4.69) is 21.7 Å². The van der Waals surface area contributed by atoms with Crippen LogP contribution in [-0.2, 0) is 22.7 Å². The number of likely N-dealkylation sites (N-methyl/N-ethyl adjacent to an activating group) is 1. The van der Waals surface area contributed by atoms with E-state index in [1.54, 1.807) is 36.5 Å². The van der Waals surface area contributed by atoms with E-state index in [1.165, 1.54) is 6.20 Å². The Morgan fingerprint density at radius 1 is 1.20 bits per heavy atom. The van der Waals surface area contributed by atoms with Crippen LogP contribution in [0.3, 0.4) is 0 Å². The normalized spacial score (nSPS) is 12.6. The van der Waals surface area contributed by atoms with E-state index in [-0.39, 0.29) is 34.0 Å². The predicted octanol–water partition coefficient (Wildman–Crippen LogP) is 1.91. The number of thiazole rings is 1. The largest absolute Gasteiger partial charge is 0.405 e. The first-order chi connectivity index (χ1) is 19.4. The summed E-state index contributed by atoms with van der Waals surface area (Å²) in [4.78, 5) is 43.8. The van der Waals surface area contributed by atoms with E-state index < -0.39 is 29.8 Å². The van der Waals surface area contributed by atoms with Gasteiger partial charge in [-0.05, 0) is 38.6 Å². The van der Waals surface area contributed by atoms with Crippen LogP contribution >= 0.6 is 11.3 Å². The summed E-state index contributed by atoms with van der Waals surface area (Å²) in [5, 5.41) is 16.7. The van der Waals surface area contributed by atoms with Gasteiger partial charge in [0.15, 0.2) is 5.57 Å². The highest BCUT2D eigenvalue weighted by Gasteiger charge is 2.29. The average molecular weight is 588 g/mol. The van der Waals surface area contributed by atoms with Gasteiger partial charge in [-0.2, -0.15) is 18.4 Å². The number of aryl methyl sites for hydroxylation is 1. The predicted molar refractivity (Wildman–Crippen MR) is 150 cm³/mol. The highest BCUT2D eigenvalue weighted by Crippen LogP contribution is 2.13. The van der Waals surface area contributed by atoms with Crippen molar-refractivity contribution in [1.82, 2.24) is 19.8 Å². The second-order valence-corrected chi connectivity index (χ2v) is 10.0. The van der Waals surface area contributed by atoms with E-state index >= 15 is 0 Å². The number of alkyl halides is 3. The Morgan fingerprint density at radius 2 is 1.90 bits per heavy atom. The molecule has 0 unspecified atom stereocenters. The second-order valence-electron chi connectivity index (χ2n) is 9.01. The minimum Gasteiger partial charge on any atom is -0.345 e. The van der Waals surface area contributed by atoms with Gasteiger partial charge in [-0.15, -0.1) is 11.3 Å². The lowest BCUT2D eigenvalue weighted by Gasteiger charge is -2.16. The Balaban J connectivity index is 1.75. The maximum absolute atomic E-state index is 12.9. The van der Waals surface area contributed by atoms with Crippen LogP contribution in [0.1, 0.15) is 18.1 Å². The monoisotopic (exact) mass is 587 g/mol. The van der Waals surface area contributed by atoms with Crippen molar-refractivity contribution in [2.45, 2.75) is 33.1 Å². The number of benzene rings is 1. The van der Waals surface area contributed by atoms with Crippen molar-refractivity contribution in [3.63, 3.8) is 0 Å². The molecule has 3 aromatic rings. The van der Waals surface area contributed by atoms with E-state index in [4.69, 9.17) is 0 Å². The van der Waals surface area contributed by atoms with Crippen LogP contribution < -0.4 is 30.7 Å². The number of nitriles is 1. The summed E-state index contributed by atoms with van der Waals surface area (Å²) in [5.74, 6) is -0.939. The molecule has 0 fully saturated rings. The second kappa shape index (κ2) is 13.7. The van der Waals surface area contributed by atoms with Crippen molar-refractivity contribution >= 4 is 46.6 Å². The maximum Gasteiger partial charge on any atom is 0.405 e. The number of hydrogen-bond donors (Lipinski definition) is 3. The number of halogens is 3. The Labute approximate surface area is 237 Å². The Kier molecular flexibility index (Phi) is 10.4. The molecule has 3 N–H and O–H groups in total. The summed E-state index contributed by atoms with van der Waals surface area (Å²) in [6.45, 7) is 2.79. The summed E-state index contributed by atoms with van der Waals surface area (Å²) in [7, 11) is 1.83. The Morgan fingerprint density at radius 3 is 2.56 bits per heavy atom. The minimum atomic E-state index is -4.66. The molecule has 1 aromatic carbocycles. The van der Waals surface area contributed by atoms with Gasteiger partial charge in [0.25, 0.3) is 11.5 Å². The molecule has 14 heteroatoms. The fourth-order valence-corrected chi connectivity index (χ4v) is 4.87. The molecule has 3 rings (SSSR count). The number of hydrogen-bond acceptors (Lipinski definition) is 8. The van der Waals surface area contributed by atoms with Crippen LogP contribution in [0.25, 0.3) is 11.8 Å². The molecule has 0 aliphatic heterocycles. The molecule has 0 bridgehead atoms. The number of anilines is 2. The molecule has 0 radical (unpaired) electrons. The summed E-state index contributed by atoms with van der Waals surface area (Å²) in [5.41, 5.74) is 1.07. The number of aromatic nitrogens is 2. The first-order valence-electron chi connectivity index (χ1n) is 12.4. The molecular weight excluding hydrogens is 559 g/mol. The molecule has 2 heterocycles. The molecule has 2 amide bonds. The van der Waals surface area contributed by atoms with Crippen LogP contribution in [0, 0.1) is 18.3 Å². The number of carbonyl (C=O) groups excluding carboxylic acids is 2. The molecule has 0 atom stereocenters. The number of nitrogens with zero attached hydrogens (tertiary/aromatic N) is 4. The minimum absolute atomic E-state index is 0.0727. The molecule has 2 aromatic heterocycles. The smallest absolute Gasteiger partial charge is 0.345 e. The van der Waals surface area contributed by atoms with Crippen molar-refractivity contribution in [1.29, 1.82) is 5.26 Å². The lowest BCUT2D eigenvalue weighted by molar-refractivity contribution is -0.135. The lowest BCUT2D eigenvalue weighted by Crippen LogP contribution is -2.37. The van der Waals surface area contributed by atoms with E-state index in [9.17, 15) is 32.8 Å². The quantitative estimate of drug-likeness (QED) is 0.330. The number of pyridine rings is 1. The first kappa shape index (κ1) is 31.1. The summed E-state index contributed by atoms with van der Waals surface area (Å²) < 4.78 is 38.7. The molecule has 0 saturated heterocycles. The van der Waals surface area contributed by atoms with Crippen LogP contribution in [0.4, 0.5) is 24.8 Å². The zero-order valence-electron chi connectivity index (χ0n) is 22.5. The topological polar surface area (TPSA) is 132 Å². The van der Waals surface area contributed by atoms with Gasteiger partial charge in [-0.3, -0.25) is 23.9 Å². The molecule has 0 saturated carbocycles. The molecule has 216 valence electrons. The van der Waals surface area contributed by atoms with Gasteiger partial charge in [-0.25, -0.2) is 4.98 Å². The number of rotatable bonds is 10. The van der Waals surface area contributed by atoms with Gasteiger partial charge in [0, 0.05) is 19.3 Å². The van der Waals surface area contributed by atoms with Crippen LogP contribution in [0.15, 0.2) is 47.3 Å². The molecule has 10 nitrogen and oxygen atoms in total. The van der Waals surface area contributed by atoms with Crippen molar-refractivity contribution in [2.75, 3.05) is 30.8 Å². The average Bonchev–Trinajstić information content (AvgIpc) is 3.21. The third-order valence-electron chi connectivity index (χ3n) is 5.54. The van der Waals surface area contributed by atoms with Crippen LogP contribution in [0.2, 0.25) is 0 Å². The van der Waals surface area contributed by atoms with E-state index in [1.807, 2.05) is 37.1 Å². The highest BCUT2D eigenvalue weighted by atomic mass is 32.1. The summed E-state index contributed by atoms with van der Waals surface area (Å²) in [6.07, 6.45) is -3.34. The van der Waals surface area contributed by atoms with E-state index in [0.29, 0.717) is 12.4 Å². The molecule has 0 aliphatic rings. The lowest BCUT2D eigenvalue weighted by atomic mass is 10.1. The van der Waals surface area contributed by atoms with Crippen LogP contribution in [0.5, 0.6) is 0 Å². The zero-order chi connectivity index (χ0) is 30.2.